The molecule has 1 saturated heterocycles. The fourth-order valence-electron chi connectivity index (χ4n) is 3.63. The molecule has 1 fully saturated rings. The number of pyridine rings is 1. The second-order valence-corrected chi connectivity index (χ2v) is 7.63. The van der Waals surface area contributed by atoms with Crippen molar-refractivity contribution in [3.05, 3.63) is 53.9 Å². The Kier molecular flexibility index (Phi) is 6.86. The molecular weight excluding hydrogens is 366 g/mol. The number of hydrogen-bond donors (Lipinski definition) is 1. The van der Waals surface area contributed by atoms with E-state index in [2.05, 4.69) is 17.2 Å². The summed E-state index contributed by atoms with van der Waals surface area (Å²) in [7, 11) is 0. The standard InChI is InChI=1S/C23H29N3O3/c1-4-19-7-5-6-14-26(19)23(28)17-12-13-24-21(15-17)22(27)25-18-8-10-20(11-9-18)29-16(2)3/h8-13,15-16,19H,4-7,14H2,1-3H3,(H,25,27). The average Bonchev–Trinajstić information content (AvgIpc) is 2.74. The van der Waals surface area contributed by atoms with Crippen LogP contribution in [0.4, 0.5) is 5.69 Å². The van der Waals surface area contributed by atoms with E-state index in [1.807, 2.05) is 30.9 Å². The maximum absolute atomic E-state index is 13.0. The van der Waals surface area contributed by atoms with Crippen LogP contribution >= 0.6 is 0 Å². The van der Waals surface area contributed by atoms with Gasteiger partial charge in [0, 0.05) is 30.0 Å². The van der Waals surface area contributed by atoms with Crippen molar-refractivity contribution in [2.24, 2.45) is 0 Å². The summed E-state index contributed by atoms with van der Waals surface area (Å²) < 4.78 is 5.61. The van der Waals surface area contributed by atoms with Crippen molar-refractivity contribution in [2.45, 2.75) is 58.6 Å². The van der Waals surface area contributed by atoms with Crippen molar-refractivity contribution < 1.29 is 14.3 Å². The van der Waals surface area contributed by atoms with Gasteiger partial charge in [0.05, 0.1) is 6.10 Å². The number of ether oxygens (including phenoxy) is 1. The van der Waals surface area contributed by atoms with E-state index >= 15 is 0 Å². The van der Waals surface area contributed by atoms with Crippen LogP contribution in [0.15, 0.2) is 42.6 Å². The van der Waals surface area contributed by atoms with E-state index in [4.69, 9.17) is 4.74 Å². The second kappa shape index (κ2) is 9.54. The van der Waals surface area contributed by atoms with E-state index in [9.17, 15) is 9.59 Å². The first-order valence-corrected chi connectivity index (χ1v) is 10.3. The molecule has 0 saturated carbocycles. The molecule has 154 valence electrons. The second-order valence-electron chi connectivity index (χ2n) is 7.63. The van der Waals surface area contributed by atoms with Gasteiger partial charge in [0.15, 0.2) is 0 Å². The molecule has 1 aliphatic heterocycles. The topological polar surface area (TPSA) is 71.5 Å². The Balaban J connectivity index is 1.70. The summed E-state index contributed by atoms with van der Waals surface area (Å²) in [6, 6.07) is 10.7. The summed E-state index contributed by atoms with van der Waals surface area (Å²) in [5, 5.41) is 2.82. The molecule has 2 heterocycles. The van der Waals surface area contributed by atoms with Gasteiger partial charge in [-0.05, 0) is 75.9 Å². The molecule has 1 aromatic carbocycles. The lowest BCUT2D eigenvalue weighted by Crippen LogP contribution is -2.43. The summed E-state index contributed by atoms with van der Waals surface area (Å²) >= 11 is 0. The number of likely N-dealkylation sites (tertiary alicyclic amines) is 1. The summed E-state index contributed by atoms with van der Waals surface area (Å²) in [4.78, 5) is 31.7. The van der Waals surface area contributed by atoms with Gasteiger partial charge in [-0.15, -0.1) is 0 Å². The summed E-state index contributed by atoms with van der Waals surface area (Å²) in [5.74, 6) is 0.377. The monoisotopic (exact) mass is 395 g/mol. The molecule has 0 spiro atoms. The SMILES string of the molecule is CCC1CCCCN1C(=O)c1ccnc(C(=O)Nc2ccc(OC(C)C)cc2)c1. The maximum Gasteiger partial charge on any atom is 0.274 e. The molecule has 0 aliphatic carbocycles. The molecule has 1 aromatic heterocycles. The first kappa shape index (κ1) is 20.8. The lowest BCUT2D eigenvalue weighted by atomic mass is 9.99. The van der Waals surface area contributed by atoms with Crippen molar-refractivity contribution in [3.63, 3.8) is 0 Å². The average molecular weight is 396 g/mol. The first-order valence-electron chi connectivity index (χ1n) is 10.3. The minimum atomic E-state index is -0.345. The smallest absolute Gasteiger partial charge is 0.274 e. The van der Waals surface area contributed by atoms with E-state index in [0.29, 0.717) is 11.3 Å². The molecule has 6 nitrogen and oxygen atoms in total. The molecule has 1 N–H and O–H groups in total. The third kappa shape index (κ3) is 5.34. The first-order chi connectivity index (χ1) is 14.0. The number of nitrogens with zero attached hydrogens (tertiary/aromatic N) is 2. The van der Waals surface area contributed by atoms with E-state index in [1.54, 1.807) is 24.3 Å². The molecule has 1 aliphatic rings. The zero-order valence-corrected chi connectivity index (χ0v) is 17.4. The third-order valence-corrected chi connectivity index (χ3v) is 5.08. The number of benzene rings is 1. The lowest BCUT2D eigenvalue weighted by molar-refractivity contribution is 0.0608. The predicted octanol–water partition coefficient (Wildman–Crippen LogP) is 4.53. The molecule has 6 heteroatoms. The van der Waals surface area contributed by atoms with Crippen molar-refractivity contribution in [2.75, 3.05) is 11.9 Å². The number of carbonyl (C=O) groups excluding carboxylic acids is 2. The number of hydrogen-bond acceptors (Lipinski definition) is 4. The number of piperidine rings is 1. The minimum Gasteiger partial charge on any atom is -0.491 e. The Labute approximate surface area is 172 Å². The Bertz CT molecular complexity index is 849. The van der Waals surface area contributed by atoms with Crippen LogP contribution in [0.5, 0.6) is 5.75 Å². The van der Waals surface area contributed by atoms with Gasteiger partial charge in [-0.3, -0.25) is 14.6 Å². The molecule has 0 bridgehead atoms. The minimum absolute atomic E-state index is 0.0248. The van der Waals surface area contributed by atoms with Crippen molar-refractivity contribution in [1.29, 1.82) is 0 Å². The van der Waals surface area contributed by atoms with Crippen molar-refractivity contribution in [1.82, 2.24) is 9.88 Å². The van der Waals surface area contributed by atoms with E-state index in [-0.39, 0.29) is 29.7 Å². The van der Waals surface area contributed by atoms with Gasteiger partial charge in [0.2, 0.25) is 0 Å². The van der Waals surface area contributed by atoms with Gasteiger partial charge >= 0.3 is 0 Å². The quantitative estimate of drug-likeness (QED) is 0.780. The van der Waals surface area contributed by atoms with E-state index < -0.39 is 0 Å². The molecule has 1 unspecified atom stereocenters. The normalized spacial score (nSPS) is 16.6. The van der Waals surface area contributed by atoms with Gasteiger partial charge in [-0.2, -0.15) is 0 Å². The zero-order chi connectivity index (χ0) is 20.8. The Morgan fingerprint density at radius 3 is 2.66 bits per heavy atom. The number of aromatic nitrogens is 1. The molecule has 2 aromatic rings. The lowest BCUT2D eigenvalue weighted by Gasteiger charge is -2.35. The van der Waals surface area contributed by atoms with Crippen LogP contribution < -0.4 is 10.1 Å². The highest BCUT2D eigenvalue weighted by atomic mass is 16.5. The Hall–Kier alpha value is -2.89. The van der Waals surface area contributed by atoms with Crippen molar-refractivity contribution >= 4 is 17.5 Å². The fraction of sp³-hybridized carbons (Fsp3) is 0.435. The van der Waals surface area contributed by atoms with Crippen LogP contribution in [0.2, 0.25) is 0 Å². The Morgan fingerprint density at radius 1 is 1.21 bits per heavy atom. The molecule has 3 rings (SSSR count). The number of anilines is 1. The van der Waals surface area contributed by atoms with Crippen LogP contribution in [0.3, 0.4) is 0 Å². The van der Waals surface area contributed by atoms with Crippen LogP contribution in [0.25, 0.3) is 0 Å². The molecule has 2 amide bonds. The molecule has 1 atom stereocenters. The highest BCUT2D eigenvalue weighted by Crippen LogP contribution is 2.22. The van der Waals surface area contributed by atoms with Crippen LogP contribution in [0.1, 0.15) is 67.3 Å². The fourth-order valence-corrected chi connectivity index (χ4v) is 3.63. The summed E-state index contributed by atoms with van der Waals surface area (Å²) in [5.41, 5.74) is 1.38. The van der Waals surface area contributed by atoms with E-state index in [1.165, 1.54) is 6.20 Å². The number of carbonyl (C=O) groups is 2. The highest BCUT2D eigenvalue weighted by Gasteiger charge is 2.26. The number of nitrogens with one attached hydrogen (secondary N) is 1. The van der Waals surface area contributed by atoms with Crippen molar-refractivity contribution in [3.8, 4) is 5.75 Å². The number of amides is 2. The van der Waals surface area contributed by atoms with Gasteiger partial charge in [0.1, 0.15) is 11.4 Å². The van der Waals surface area contributed by atoms with Gasteiger partial charge in [0.25, 0.3) is 11.8 Å². The van der Waals surface area contributed by atoms with Gasteiger partial charge in [-0.25, -0.2) is 0 Å². The van der Waals surface area contributed by atoms with Gasteiger partial charge < -0.3 is 15.0 Å². The Morgan fingerprint density at radius 2 is 1.97 bits per heavy atom. The number of rotatable bonds is 6. The highest BCUT2D eigenvalue weighted by molar-refractivity contribution is 6.04. The van der Waals surface area contributed by atoms with Crippen LogP contribution in [-0.2, 0) is 0 Å². The third-order valence-electron chi connectivity index (χ3n) is 5.08. The molecular formula is C23H29N3O3. The molecule has 29 heavy (non-hydrogen) atoms. The van der Waals surface area contributed by atoms with Crippen LogP contribution in [-0.4, -0.2) is 40.4 Å². The van der Waals surface area contributed by atoms with Gasteiger partial charge in [-0.1, -0.05) is 6.92 Å². The maximum atomic E-state index is 13.0. The largest absolute Gasteiger partial charge is 0.491 e. The van der Waals surface area contributed by atoms with E-state index in [0.717, 1.165) is 38.0 Å². The predicted molar refractivity (Wildman–Crippen MR) is 113 cm³/mol. The summed E-state index contributed by atoms with van der Waals surface area (Å²) in [6.45, 7) is 6.80. The zero-order valence-electron chi connectivity index (χ0n) is 17.4. The summed E-state index contributed by atoms with van der Waals surface area (Å²) in [6.07, 6.45) is 5.78. The molecule has 0 radical (unpaired) electrons. The van der Waals surface area contributed by atoms with Crippen LogP contribution in [0, 0.1) is 0 Å².